The minimum atomic E-state index is -0.556. The summed E-state index contributed by atoms with van der Waals surface area (Å²) in [4.78, 5) is 24.8. The van der Waals surface area contributed by atoms with E-state index in [1.807, 2.05) is 7.05 Å². The number of amides is 2. The van der Waals surface area contributed by atoms with Gasteiger partial charge in [0, 0.05) is 31.8 Å². The zero-order valence-electron chi connectivity index (χ0n) is 11.7. The van der Waals surface area contributed by atoms with Crippen LogP contribution in [-0.2, 0) is 9.59 Å². The fourth-order valence-corrected chi connectivity index (χ4v) is 1.71. The van der Waals surface area contributed by atoms with Gasteiger partial charge >= 0.3 is 0 Å². The average Bonchev–Trinajstić information content (AvgIpc) is 2.34. The largest absolute Gasteiger partial charge is 0.353 e. The topological polar surface area (TPSA) is 61.4 Å². The van der Waals surface area contributed by atoms with E-state index in [2.05, 4.69) is 42.0 Å². The van der Waals surface area contributed by atoms with Crippen LogP contribution in [-0.4, -0.2) is 54.7 Å². The first kappa shape index (κ1) is 17.2. The fourth-order valence-electron chi connectivity index (χ4n) is 1.45. The standard InChI is InChI=1S/C12H25N3O2S/c1-5-9(2)15(4)7-6-13-12(17)11(8-18)14-10(3)16/h9,11,18H,5-8H2,1-4H3,(H,13,17)(H,14,16). The molecule has 0 rings (SSSR count). The van der Waals surface area contributed by atoms with Crippen LogP contribution in [0.4, 0.5) is 0 Å². The van der Waals surface area contributed by atoms with E-state index in [-0.39, 0.29) is 11.8 Å². The maximum absolute atomic E-state index is 11.7. The predicted octanol–water partition coefficient (Wildman–Crippen LogP) is 0.267. The van der Waals surface area contributed by atoms with Crippen molar-refractivity contribution in [3.05, 3.63) is 0 Å². The SMILES string of the molecule is CCC(C)N(C)CCNC(=O)C(CS)NC(C)=O. The molecule has 0 spiro atoms. The molecule has 2 amide bonds. The average molecular weight is 275 g/mol. The zero-order chi connectivity index (χ0) is 14.1. The summed E-state index contributed by atoms with van der Waals surface area (Å²) in [5, 5.41) is 5.37. The smallest absolute Gasteiger partial charge is 0.243 e. The summed E-state index contributed by atoms with van der Waals surface area (Å²) in [6, 6.07) is -0.0577. The Balaban J connectivity index is 3.97. The first-order valence-corrected chi connectivity index (χ1v) is 6.91. The highest BCUT2D eigenvalue weighted by Gasteiger charge is 2.17. The third-order valence-electron chi connectivity index (χ3n) is 2.98. The van der Waals surface area contributed by atoms with E-state index >= 15 is 0 Å². The molecule has 0 saturated carbocycles. The Hall–Kier alpha value is -0.750. The van der Waals surface area contributed by atoms with Crippen LogP contribution in [0.25, 0.3) is 0 Å². The van der Waals surface area contributed by atoms with Gasteiger partial charge in [-0.2, -0.15) is 12.6 Å². The highest BCUT2D eigenvalue weighted by molar-refractivity contribution is 7.80. The number of carbonyl (C=O) groups excluding carboxylic acids is 2. The fraction of sp³-hybridized carbons (Fsp3) is 0.833. The van der Waals surface area contributed by atoms with E-state index in [4.69, 9.17) is 0 Å². The second kappa shape index (κ2) is 9.22. The number of hydrogen-bond donors (Lipinski definition) is 3. The molecule has 0 aromatic rings. The first-order chi connectivity index (χ1) is 8.42. The van der Waals surface area contributed by atoms with Gasteiger partial charge < -0.3 is 15.5 Å². The lowest BCUT2D eigenvalue weighted by atomic mass is 10.2. The van der Waals surface area contributed by atoms with Gasteiger partial charge in [0.15, 0.2) is 0 Å². The molecular weight excluding hydrogens is 250 g/mol. The second-order valence-corrected chi connectivity index (χ2v) is 4.83. The number of likely N-dealkylation sites (N-methyl/N-ethyl adjacent to an activating group) is 1. The number of hydrogen-bond acceptors (Lipinski definition) is 4. The van der Waals surface area contributed by atoms with Crippen molar-refractivity contribution in [1.29, 1.82) is 0 Å². The van der Waals surface area contributed by atoms with Gasteiger partial charge in [-0.1, -0.05) is 6.92 Å². The van der Waals surface area contributed by atoms with Crippen LogP contribution in [0.1, 0.15) is 27.2 Å². The minimum Gasteiger partial charge on any atom is -0.353 e. The van der Waals surface area contributed by atoms with Gasteiger partial charge in [-0.15, -0.1) is 0 Å². The van der Waals surface area contributed by atoms with E-state index in [1.165, 1.54) is 6.92 Å². The Bertz CT molecular complexity index is 274. The van der Waals surface area contributed by atoms with Crippen LogP contribution in [0, 0.1) is 0 Å². The van der Waals surface area contributed by atoms with Gasteiger partial charge in [0.25, 0.3) is 0 Å². The van der Waals surface area contributed by atoms with Crippen molar-refractivity contribution in [3.63, 3.8) is 0 Å². The second-order valence-electron chi connectivity index (χ2n) is 4.46. The number of rotatable bonds is 8. The monoisotopic (exact) mass is 275 g/mol. The van der Waals surface area contributed by atoms with E-state index in [9.17, 15) is 9.59 Å². The molecular formula is C12H25N3O2S. The van der Waals surface area contributed by atoms with E-state index < -0.39 is 6.04 Å². The molecule has 0 aromatic carbocycles. The molecule has 0 radical (unpaired) electrons. The lowest BCUT2D eigenvalue weighted by Gasteiger charge is -2.24. The van der Waals surface area contributed by atoms with Crippen LogP contribution in [0.2, 0.25) is 0 Å². The van der Waals surface area contributed by atoms with Crippen molar-refractivity contribution in [2.24, 2.45) is 0 Å². The molecule has 0 bridgehead atoms. The molecule has 2 N–H and O–H groups in total. The van der Waals surface area contributed by atoms with Crippen molar-refractivity contribution < 1.29 is 9.59 Å². The van der Waals surface area contributed by atoms with E-state index in [1.54, 1.807) is 0 Å². The van der Waals surface area contributed by atoms with Crippen LogP contribution < -0.4 is 10.6 Å². The van der Waals surface area contributed by atoms with Gasteiger partial charge in [-0.05, 0) is 20.4 Å². The van der Waals surface area contributed by atoms with Gasteiger partial charge in [0.05, 0.1) is 0 Å². The van der Waals surface area contributed by atoms with E-state index in [0.29, 0.717) is 18.3 Å². The molecule has 2 atom stereocenters. The summed E-state index contributed by atoms with van der Waals surface area (Å²) < 4.78 is 0. The molecule has 0 aliphatic heterocycles. The van der Waals surface area contributed by atoms with Crippen molar-refractivity contribution in [1.82, 2.24) is 15.5 Å². The van der Waals surface area contributed by atoms with Gasteiger partial charge in [-0.25, -0.2) is 0 Å². The zero-order valence-corrected chi connectivity index (χ0v) is 12.6. The summed E-state index contributed by atoms with van der Waals surface area (Å²) in [5.74, 6) is -0.106. The first-order valence-electron chi connectivity index (χ1n) is 6.28. The summed E-state index contributed by atoms with van der Waals surface area (Å²) in [5.41, 5.74) is 0. The van der Waals surface area contributed by atoms with Crippen molar-refractivity contribution in [2.75, 3.05) is 25.9 Å². The molecule has 0 heterocycles. The number of nitrogens with zero attached hydrogens (tertiary/aromatic N) is 1. The summed E-state index contributed by atoms with van der Waals surface area (Å²) >= 11 is 4.05. The summed E-state index contributed by atoms with van der Waals surface area (Å²) in [6.45, 7) is 7.03. The van der Waals surface area contributed by atoms with Gasteiger partial charge in [0.1, 0.15) is 6.04 Å². The molecule has 0 aromatic heterocycles. The number of carbonyl (C=O) groups is 2. The molecule has 2 unspecified atom stereocenters. The number of nitrogens with one attached hydrogen (secondary N) is 2. The predicted molar refractivity (Wildman–Crippen MR) is 76.9 cm³/mol. The Morgan fingerprint density at radius 3 is 2.44 bits per heavy atom. The quantitative estimate of drug-likeness (QED) is 0.557. The Morgan fingerprint density at radius 2 is 2.00 bits per heavy atom. The third-order valence-corrected chi connectivity index (χ3v) is 3.35. The lowest BCUT2D eigenvalue weighted by Crippen LogP contribution is -2.48. The molecule has 5 nitrogen and oxygen atoms in total. The minimum absolute atomic E-state index is 0.183. The number of thiol groups is 1. The Morgan fingerprint density at radius 1 is 1.39 bits per heavy atom. The van der Waals surface area contributed by atoms with Crippen molar-refractivity contribution >= 4 is 24.4 Å². The highest BCUT2D eigenvalue weighted by atomic mass is 32.1. The lowest BCUT2D eigenvalue weighted by molar-refractivity contribution is -0.127. The highest BCUT2D eigenvalue weighted by Crippen LogP contribution is 1.98. The van der Waals surface area contributed by atoms with Crippen LogP contribution in [0.15, 0.2) is 0 Å². The maximum atomic E-state index is 11.7. The summed E-state index contributed by atoms with van der Waals surface area (Å²) in [6.07, 6.45) is 1.08. The molecule has 0 aliphatic rings. The molecule has 0 fully saturated rings. The van der Waals surface area contributed by atoms with Crippen molar-refractivity contribution in [3.8, 4) is 0 Å². The molecule has 0 saturated heterocycles. The normalized spacial score (nSPS) is 14.1. The van der Waals surface area contributed by atoms with E-state index in [0.717, 1.165) is 13.0 Å². The van der Waals surface area contributed by atoms with Crippen molar-refractivity contribution in [2.45, 2.75) is 39.3 Å². The molecule has 18 heavy (non-hydrogen) atoms. The molecule has 106 valence electrons. The molecule has 0 aliphatic carbocycles. The maximum Gasteiger partial charge on any atom is 0.243 e. The van der Waals surface area contributed by atoms with Gasteiger partial charge in [0.2, 0.25) is 11.8 Å². The summed E-state index contributed by atoms with van der Waals surface area (Å²) in [7, 11) is 2.03. The Labute approximate surface area is 115 Å². The Kier molecular flexibility index (Phi) is 8.83. The third kappa shape index (κ3) is 6.86. The van der Waals surface area contributed by atoms with Crippen LogP contribution >= 0.6 is 12.6 Å². The van der Waals surface area contributed by atoms with Crippen LogP contribution in [0.3, 0.4) is 0 Å². The molecule has 6 heteroatoms. The van der Waals surface area contributed by atoms with Crippen LogP contribution in [0.5, 0.6) is 0 Å². The van der Waals surface area contributed by atoms with Gasteiger partial charge in [-0.3, -0.25) is 9.59 Å².